The van der Waals surface area contributed by atoms with E-state index in [-0.39, 0.29) is 7.43 Å². The first-order chi connectivity index (χ1) is 17.0. The second kappa shape index (κ2) is 14.5. The highest BCUT2D eigenvalue weighted by molar-refractivity contribution is 6.36. The van der Waals surface area contributed by atoms with Crippen LogP contribution in [0.2, 0.25) is 10.0 Å². The maximum atomic E-state index is 6.57. The molecule has 3 heterocycles. The molecule has 0 aromatic carbocycles. The van der Waals surface area contributed by atoms with Crippen LogP contribution in [-0.2, 0) is 15.9 Å². The quantitative estimate of drug-likeness (QED) is 0.354. The predicted octanol–water partition coefficient (Wildman–Crippen LogP) is 6.65. The van der Waals surface area contributed by atoms with E-state index in [1.165, 1.54) is 32.1 Å². The van der Waals surface area contributed by atoms with Gasteiger partial charge in [-0.2, -0.15) is 0 Å². The lowest BCUT2D eigenvalue weighted by Crippen LogP contribution is -2.41. The minimum absolute atomic E-state index is 0. The molecule has 1 saturated carbocycles. The lowest BCUT2D eigenvalue weighted by molar-refractivity contribution is 0.0595. The number of rotatable bonds is 10. The minimum atomic E-state index is 0. The summed E-state index contributed by atoms with van der Waals surface area (Å²) >= 11 is 13.1. The Labute approximate surface area is 226 Å². The second-order valence-electron chi connectivity index (χ2n) is 10.1. The maximum absolute atomic E-state index is 6.57. The molecule has 4 rings (SSSR count). The highest BCUT2D eigenvalue weighted by Gasteiger charge is 2.23. The molecule has 2 fully saturated rings. The van der Waals surface area contributed by atoms with Gasteiger partial charge in [0.05, 0.1) is 29.0 Å². The summed E-state index contributed by atoms with van der Waals surface area (Å²) in [5.41, 5.74) is 2.59. The molecular weight excluding hydrogens is 495 g/mol. The van der Waals surface area contributed by atoms with E-state index in [1.54, 1.807) is 13.3 Å². The Hall–Kier alpha value is -1.44. The van der Waals surface area contributed by atoms with E-state index in [1.807, 2.05) is 12.1 Å². The number of pyridine rings is 2. The Bertz CT molecular complexity index is 947. The van der Waals surface area contributed by atoms with Crippen LogP contribution in [-0.4, -0.2) is 55.5 Å². The van der Waals surface area contributed by atoms with Crippen LogP contribution in [0.4, 0.5) is 5.82 Å². The van der Waals surface area contributed by atoms with Crippen molar-refractivity contribution in [1.29, 1.82) is 0 Å². The summed E-state index contributed by atoms with van der Waals surface area (Å²) in [6.07, 6.45) is 9.74. The van der Waals surface area contributed by atoms with Crippen LogP contribution in [0.3, 0.4) is 0 Å². The van der Waals surface area contributed by atoms with Gasteiger partial charge in [0.25, 0.3) is 0 Å². The van der Waals surface area contributed by atoms with Crippen molar-refractivity contribution in [3.05, 3.63) is 40.1 Å². The standard InChI is InChI=1S/C27H38Cl2N4O2.CH4/c1-18(16-34-2)32-21-7-5-19(6-8-21)12-22-13-23(25(29)15-30-22)27-24(28)9-10-26(33-27)31-14-20-4-3-11-35-17-20;/h9-10,13,15,18-21,32H,3-8,11-12,14,16-17H2,1-2H3,(H,31,33);1H4/t18-,19?,20+,21?;/m1./s1. The van der Waals surface area contributed by atoms with Gasteiger partial charge in [-0.1, -0.05) is 30.6 Å². The molecule has 1 aliphatic heterocycles. The fourth-order valence-electron chi connectivity index (χ4n) is 5.25. The van der Waals surface area contributed by atoms with Crippen molar-refractivity contribution in [3.63, 3.8) is 0 Å². The number of methoxy groups -OCH3 is 1. The first kappa shape index (κ1) is 29.1. The molecule has 0 spiro atoms. The highest BCUT2D eigenvalue weighted by atomic mass is 35.5. The van der Waals surface area contributed by atoms with Crippen molar-refractivity contribution >= 4 is 29.0 Å². The summed E-state index contributed by atoms with van der Waals surface area (Å²) in [7, 11) is 1.75. The molecule has 0 bridgehead atoms. The van der Waals surface area contributed by atoms with Crippen LogP contribution in [0.25, 0.3) is 11.3 Å². The number of anilines is 1. The van der Waals surface area contributed by atoms with Gasteiger partial charge in [-0.3, -0.25) is 4.98 Å². The normalized spacial score (nSPS) is 23.1. The molecule has 0 unspecified atom stereocenters. The largest absolute Gasteiger partial charge is 0.383 e. The summed E-state index contributed by atoms with van der Waals surface area (Å²) in [4.78, 5) is 9.45. The number of nitrogens with one attached hydrogen (secondary N) is 2. The lowest BCUT2D eigenvalue weighted by Gasteiger charge is -2.31. The molecule has 0 amide bonds. The zero-order chi connectivity index (χ0) is 24.6. The smallest absolute Gasteiger partial charge is 0.126 e. The van der Waals surface area contributed by atoms with Crippen molar-refractivity contribution in [2.24, 2.45) is 11.8 Å². The summed E-state index contributed by atoms with van der Waals surface area (Å²) in [6, 6.07) is 6.84. The molecule has 1 aliphatic carbocycles. The number of halogens is 2. The molecule has 36 heavy (non-hydrogen) atoms. The average Bonchev–Trinajstić information content (AvgIpc) is 2.87. The molecule has 8 heteroatoms. The van der Waals surface area contributed by atoms with Crippen molar-refractivity contribution < 1.29 is 9.47 Å². The topological polar surface area (TPSA) is 68.3 Å². The molecule has 200 valence electrons. The van der Waals surface area contributed by atoms with Gasteiger partial charge in [0.1, 0.15) is 5.82 Å². The van der Waals surface area contributed by atoms with E-state index in [0.717, 1.165) is 56.3 Å². The van der Waals surface area contributed by atoms with Gasteiger partial charge in [-0.15, -0.1) is 0 Å². The Balaban J connectivity index is 0.00000361. The van der Waals surface area contributed by atoms with E-state index in [9.17, 15) is 0 Å². The summed E-state index contributed by atoms with van der Waals surface area (Å²) in [6.45, 7) is 5.44. The van der Waals surface area contributed by atoms with E-state index in [0.29, 0.717) is 39.7 Å². The van der Waals surface area contributed by atoms with Crippen LogP contribution < -0.4 is 10.6 Å². The first-order valence-electron chi connectivity index (χ1n) is 12.9. The lowest BCUT2D eigenvalue weighted by atomic mass is 9.83. The molecule has 2 aliphatic rings. The van der Waals surface area contributed by atoms with Gasteiger partial charge in [-0.25, -0.2) is 4.98 Å². The Morgan fingerprint density at radius 1 is 1.11 bits per heavy atom. The van der Waals surface area contributed by atoms with Crippen LogP contribution in [0, 0.1) is 11.8 Å². The molecule has 2 atom stereocenters. The number of hydrogen-bond acceptors (Lipinski definition) is 6. The van der Waals surface area contributed by atoms with Gasteiger partial charge in [0, 0.05) is 49.8 Å². The van der Waals surface area contributed by atoms with Crippen LogP contribution in [0.1, 0.15) is 58.6 Å². The monoisotopic (exact) mass is 536 g/mol. The van der Waals surface area contributed by atoms with E-state index >= 15 is 0 Å². The van der Waals surface area contributed by atoms with Gasteiger partial charge < -0.3 is 20.1 Å². The molecule has 2 N–H and O–H groups in total. The zero-order valence-corrected chi connectivity index (χ0v) is 22.4. The van der Waals surface area contributed by atoms with Crippen LogP contribution >= 0.6 is 23.2 Å². The predicted molar refractivity (Wildman–Crippen MR) is 150 cm³/mol. The number of aromatic nitrogens is 2. The molecule has 2 aromatic rings. The van der Waals surface area contributed by atoms with Gasteiger partial charge in [0.2, 0.25) is 0 Å². The van der Waals surface area contributed by atoms with Crippen molar-refractivity contribution in [1.82, 2.24) is 15.3 Å². The van der Waals surface area contributed by atoms with Crippen molar-refractivity contribution in [3.8, 4) is 11.3 Å². The third-order valence-corrected chi connectivity index (χ3v) is 7.73. The fraction of sp³-hybridized carbons (Fsp3) is 0.643. The van der Waals surface area contributed by atoms with Gasteiger partial charge in [-0.05, 0) is 81.9 Å². The Morgan fingerprint density at radius 3 is 2.64 bits per heavy atom. The fourth-order valence-corrected chi connectivity index (χ4v) is 5.65. The molecule has 1 saturated heterocycles. The average molecular weight is 538 g/mol. The molecule has 0 radical (unpaired) electrons. The van der Waals surface area contributed by atoms with E-state index in [4.69, 9.17) is 37.7 Å². The van der Waals surface area contributed by atoms with E-state index in [2.05, 4.69) is 28.6 Å². The molecular formula is C28H42Cl2N4O2. The van der Waals surface area contributed by atoms with Crippen molar-refractivity contribution in [2.45, 2.75) is 71.4 Å². The number of hydrogen-bond donors (Lipinski definition) is 2. The molecule has 2 aromatic heterocycles. The highest BCUT2D eigenvalue weighted by Crippen LogP contribution is 2.34. The molecule has 6 nitrogen and oxygen atoms in total. The van der Waals surface area contributed by atoms with Crippen molar-refractivity contribution in [2.75, 3.05) is 38.8 Å². The third-order valence-electron chi connectivity index (χ3n) is 7.12. The second-order valence-corrected chi connectivity index (χ2v) is 10.9. The first-order valence-corrected chi connectivity index (χ1v) is 13.6. The number of nitrogens with zero attached hydrogens (tertiary/aromatic N) is 2. The zero-order valence-electron chi connectivity index (χ0n) is 20.9. The Morgan fingerprint density at radius 2 is 1.92 bits per heavy atom. The van der Waals surface area contributed by atoms with Crippen LogP contribution in [0.5, 0.6) is 0 Å². The summed E-state index contributed by atoms with van der Waals surface area (Å²) < 4.78 is 10.8. The van der Waals surface area contributed by atoms with Gasteiger partial charge >= 0.3 is 0 Å². The summed E-state index contributed by atoms with van der Waals surface area (Å²) in [5.74, 6) is 1.94. The van der Waals surface area contributed by atoms with Gasteiger partial charge in [0.15, 0.2) is 0 Å². The SMILES string of the molecule is C.COC[C@@H](C)NC1CCC(Cc2cc(-c3nc(NC[C@@H]4CCCOC4)ccc3Cl)c(Cl)cn2)CC1. The number of ether oxygens (including phenoxy) is 2. The van der Waals surface area contributed by atoms with E-state index < -0.39 is 0 Å². The summed E-state index contributed by atoms with van der Waals surface area (Å²) in [5, 5.41) is 8.31. The third kappa shape index (κ3) is 8.29. The minimum Gasteiger partial charge on any atom is -0.383 e. The Kier molecular flexibility index (Phi) is 11.7. The van der Waals surface area contributed by atoms with Crippen LogP contribution in [0.15, 0.2) is 24.4 Å². The maximum Gasteiger partial charge on any atom is 0.126 e.